The Morgan fingerprint density at radius 3 is 2.72 bits per heavy atom. The average molecular weight is 517 g/mol. The first-order chi connectivity index (χ1) is 13.6. The number of rotatable bonds is 9. The number of nitrogens with zero attached hydrogens (tertiary/aromatic N) is 3. The number of nitrogens with one attached hydrogen (secondary N) is 2. The number of benzene rings is 1. The maximum atomic E-state index is 14.2. The van der Waals surface area contributed by atoms with Gasteiger partial charge in [0.1, 0.15) is 18.5 Å². The molecule has 0 amide bonds. The second-order valence-electron chi connectivity index (χ2n) is 6.95. The average Bonchev–Trinajstić information content (AvgIpc) is 3.32. The summed E-state index contributed by atoms with van der Waals surface area (Å²) in [7, 11) is 0. The molecule has 2 N–H and O–H groups in total. The van der Waals surface area contributed by atoms with Crippen molar-refractivity contribution in [1.82, 2.24) is 20.8 Å². The van der Waals surface area contributed by atoms with Gasteiger partial charge in [0.05, 0.1) is 0 Å². The molecule has 0 spiro atoms. The number of guanidine groups is 1. The fourth-order valence-electron chi connectivity index (χ4n) is 3.15. The van der Waals surface area contributed by atoms with Crippen molar-refractivity contribution in [3.8, 4) is 0 Å². The highest BCUT2D eigenvalue weighted by molar-refractivity contribution is 14.0. The highest BCUT2D eigenvalue weighted by atomic mass is 127. The van der Waals surface area contributed by atoms with Crippen molar-refractivity contribution < 1.29 is 13.7 Å². The number of hydrogen-bond acceptors (Lipinski definition) is 5. The lowest BCUT2D eigenvalue weighted by Crippen LogP contribution is -2.41. The summed E-state index contributed by atoms with van der Waals surface area (Å²) >= 11 is 0. The molecule has 0 saturated heterocycles. The van der Waals surface area contributed by atoms with Crippen LogP contribution in [0.2, 0.25) is 0 Å². The van der Waals surface area contributed by atoms with Crippen LogP contribution in [0.1, 0.15) is 57.0 Å². The van der Waals surface area contributed by atoms with E-state index in [1.54, 1.807) is 6.07 Å². The summed E-state index contributed by atoms with van der Waals surface area (Å²) in [6.07, 6.45) is 1.71. The van der Waals surface area contributed by atoms with Gasteiger partial charge in [-0.15, -0.1) is 24.0 Å². The van der Waals surface area contributed by atoms with Crippen LogP contribution in [-0.2, 0) is 16.7 Å². The van der Waals surface area contributed by atoms with Gasteiger partial charge in [0.15, 0.2) is 11.8 Å². The van der Waals surface area contributed by atoms with Crippen LogP contribution < -0.4 is 10.6 Å². The van der Waals surface area contributed by atoms with Crippen molar-refractivity contribution in [2.24, 2.45) is 4.99 Å². The zero-order valence-corrected chi connectivity index (χ0v) is 19.4. The van der Waals surface area contributed by atoms with Crippen LogP contribution in [0.5, 0.6) is 0 Å². The van der Waals surface area contributed by atoms with E-state index < -0.39 is 0 Å². The first kappa shape index (κ1) is 23.5. The minimum Gasteiger partial charge on any atom is -0.371 e. The van der Waals surface area contributed by atoms with E-state index in [9.17, 15) is 4.39 Å². The monoisotopic (exact) mass is 517 g/mol. The smallest absolute Gasteiger partial charge is 0.248 e. The number of aliphatic imine (C=N–C) groups is 1. The summed E-state index contributed by atoms with van der Waals surface area (Å²) in [6, 6.07) is 6.99. The van der Waals surface area contributed by atoms with Gasteiger partial charge in [0.25, 0.3) is 0 Å². The molecule has 1 atom stereocenters. The fraction of sp³-hybridized carbons (Fsp3) is 0.550. The first-order valence-corrected chi connectivity index (χ1v) is 9.79. The molecule has 1 unspecified atom stereocenters. The van der Waals surface area contributed by atoms with Crippen molar-refractivity contribution in [3.05, 3.63) is 47.4 Å². The van der Waals surface area contributed by atoms with Gasteiger partial charge >= 0.3 is 0 Å². The molecule has 160 valence electrons. The van der Waals surface area contributed by atoms with E-state index in [4.69, 9.17) is 9.26 Å². The summed E-state index contributed by atoms with van der Waals surface area (Å²) in [6.45, 7) is 7.98. The quantitative estimate of drug-likeness (QED) is 0.300. The molecule has 7 nitrogen and oxygen atoms in total. The minimum atomic E-state index is -0.215. The standard InChI is InChI=1S/C20H28FN5O2.HI/c1-4-22-19(23-12-17-25-18(26-28-17)14(3)27-5-2)24-13-20(10-11-20)15-8-6-7-9-16(15)21;/h6-9,14H,4-5,10-13H2,1-3H3,(H2,22,23,24);1H. The lowest BCUT2D eigenvalue weighted by Gasteiger charge is -2.19. The SMILES string of the molecule is CCNC(=NCc1nc(C(C)OCC)no1)NCC1(c2ccccc2F)CC1.I. The van der Waals surface area contributed by atoms with Crippen LogP contribution in [0.4, 0.5) is 4.39 Å². The number of halogens is 2. The molecule has 0 bridgehead atoms. The number of aromatic nitrogens is 2. The second kappa shape index (κ2) is 10.9. The summed E-state index contributed by atoms with van der Waals surface area (Å²) in [5.41, 5.74) is 0.608. The highest BCUT2D eigenvalue weighted by Gasteiger charge is 2.45. The molecule has 0 aliphatic heterocycles. The van der Waals surface area contributed by atoms with E-state index in [1.807, 2.05) is 32.9 Å². The lowest BCUT2D eigenvalue weighted by molar-refractivity contribution is 0.0683. The van der Waals surface area contributed by atoms with Crippen LogP contribution in [-0.4, -0.2) is 35.8 Å². The Balaban J connectivity index is 0.00000300. The van der Waals surface area contributed by atoms with Gasteiger partial charge in [-0.2, -0.15) is 4.98 Å². The predicted molar refractivity (Wildman–Crippen MR) is 120 cm³/mol. The third kappa shape index (κ3) is 6.11. The molecular formula is C20H29FIN5O2. The van der Waals surface area contributed by atoms with E-state index in [2.05, 4.69) is 25.8 Å². The maximum absolute atomic E-state index is 14.2. The molecule has 1 fully saturated rings. The number of hydrogen-bond donors (Lipinski definition) is 2. The Labute approximate surface area is 187 Å². The van der Waals surface area contributed by atoms with Crippen molar-refractivity contribution in [2.75, 3.05) is 19.7 Å². The summed E-state index contributed by atoms with van der Waals surface area (Å²) in [5, 5.41) is 10.5. The van der Waals surface area contributed by atoms with Crippen molar-refractivity contribution in [3.63, 3.8) is 0 Å². The molecule has 2 aromatic rings. The third-order valence-electron chi connectivity index (χ3n) is 4.87. The molecule has 29 heavy (non-hydrogen) atoms. The van der Waals surface area contributed by atoms with E-state index >= 15 is 0 Å². The molecule has 1 saturated carbocycles. The maximum Gasteiger partial charge on any atom is 0.248 e. The molecule has 9 heteroatoms. The molecule has 1 aromatic carbocycles. The Kier molecular flexibility index (Phi) is 8.81. The third-order valence-corrected chi connectivity index (χ3v) is 4.87. The minimum absolute atomic E-state index is 0. The fourth-order valence-corrected chi connectivity index (χ4v) is 3.15. The van der Waals surface area contributed by atoms with Gasteiger partial charge < -0.3 is 19.9 Å². The van der Waals surface area contributed by atoms with E-state index in [0.29, 0.717) is 30.8 Å². The van der Waals surface area contributed by atoms with Gasteiger partial charge in [-0.25, -0.2) is 9.38 Å². The second-order valence-corrected chi connectivity index (χ2v) is 6.95. The van der Waals surface area contributed by atoms with Gasteiger partial charge in [-0.3, -0.25) is 0 Å². The van der Waals surface area contributed by atoms with Crippen LogP contribution in [0.15, 0.2) is 33.8 Å². The van der Waals surface area contributed by atoms with E-state index in [0.717, 1.165) is 24.9 Å². The lowest BCUT2D eigenvalue weighted by atomic mass is 9.95. The van der Waals surface area contributed by atoms with Gasteiger partial charge in [0.2, 0.25) is 5.89 Å². The van der Waals surface area contributed by atoms with Crippen LogP contribution in [0.25, 0.3) is 0 Å². The van der Waals surface area contributed by atoms with E-state index in [-0.39, 0.29) is 47.9 Å². The van der Waals surface area contributed by atoms with Crippen LogP contribution in [0, 0.1) is 5.82 Å². The van der Waals surface area contributed by atoms with Crippen molar-refractivity contribution in [1.29, 1.82) is 0 Å². The summed E-state index contributed by atoms with van der Waals surface area (Å²) in [4.78, 5) is 8.84. The van der Waals surface area contributed by atoms with Gasteiger partial charge in [0, 0.05) is 25.1 Å². The first-order valence-electron chi connectivity index (χ1n) is 9.79. The number of ether oxygens (including phenoxy) is 1. The van der Waals surface area contributed by atoms with E-state index in [1.165, 1.54) is 6.07 Å². The molecule has 1 aliphatic carbocycles. The Bertz CT molecular complexity index is 810. The molecule has 1 heterocycles. The van der Waals surface area contributed by atoms with Crippen molar-refractivity contribution in [2.45, 2.75) is 51.7 Å². The van der Waals surface area contributed by atoms with Gasteiger partial charge in [-0.1, -0.05) is 23.4 Å². The molecule has 0 radical (unpaired) electrons. The summed E-state index contributed by atoms with van der Waals surface area (Å²) < 4.78 is 24.9. The topological polar surface area (TPSA) is 84.6 Å². The zero-order chi connectivity index (χ0) is 20.0. The predicted octanol–water partition coefficient (Wildman–Crippen LogP) is 3.71. The molecular weight excluding hydrogens is 488 g/mol. The highest BCUT2D eigenvalue weighted by Crippen LogP contribution is 2.48. The summed E-state index contributed by atoms with van der Waals surface area (Å²) in [5.74, 6) is 1.43. The molecule has 1 aliphatic rings. The van der Waals surface area contributed by atoms with Crippen LogP contribution >= 0.6 is 24.0 Å². The molecule has 3 rings (SSSR count). The molecule has 1 aromatic heterocycles. The Morgan fingerprint density at radius 1 is 1.31 bits per heavy atom. The largest absolute Gasteiger partial charge is 0.371 e. The normalized spacial score (nSPS) is 16.1. The van der Waals surface area contributed by atoms with Gasteiger partial charge in [-0.05, 0) is 45.2 Å². The zero-order valence-electron chi connectivity index (χ0n) is 17.1. The van der Waals surface area contributed by atoms with Crippen LogP contribution in [0.3, 0.4) is 0 Å². The Hall–Kier alpha value is -1.75. The van der Waals surface area contributed by atoms with Crippen molar-refractivity contribution >= 4 is 29.9 Å². The Morgan fingerprint density at radius 2 is 2.07 bits per heavy atom.